The number of carbonyl (C=O) groups is 1. The molecule has 1 aromatic rings. The van der Waals surface area contributed by atoms with Gasteiger partial charge in [-0.2, -0.15) is 26.3 Å². The summed E-state index contributed by atoms with van der Waals surface area (Å²) in [4.78, 5) is 12.4. The normalized spacial score (nSPS) is 13.4. The lowest BCUT2D eigenvalue weighted by atomic mass is 10.0. The molecule has 1 amide bonds. The fourth-order valence-electron chi connectivity index (χ4n) is 2.29. The summed E-state index contributed by atoms with van der Waals surface area (Å²) in [7, 11) is 0. The quantitative estimate of drug-likeness (QED) is 0.641. The van der Waals surface area contributed by atoms with E-state index in [0.717, 1.165) is 18.2 Å². The molecule has 0 radical (unpaired) electrons. The Bertz CT molecular complexity index is 628. The first-order valence-corrected chi connectivity index (χ1v) is 8.11. The van der Waals surface area contributed by atoms with E-state index in [0.29, 0.717) is 6.42 Å². The van der Waals surface area contributed by atoms with Gasteiger partial charge in [0.2, 0.25) is 0 Å². The van der Waals surface area contributed by atoms with Crippen molar-refractivity contribution in [3.05, 3.63) is 23.8 Å². The second-order valence-electron chi connectivity index (χ2n) is 6.47. The molecular formula is C17H21F6NO3. The molecule has 0 aliphatic heterocycles. The van der Waals surface area contributed by atoms with Gasteiger partial charge in [-0.25, -0.2) is 0 Å². The van der Waals surface area contributed by atoms with Crippen molar-refractivity contribution in [2.75, 3.05) is 13.2 Å². The van der Waals surface area contributed by atoms with Crippen LogP contribution in [0.4, 0.5) is 26.3 Å². The van der Waals surface area contributed by atoms with Gasteiger partial charge >= 0.3 is 12.4 Å². The van der Waals surface area contributed by atoms with Gasteiger partial charge in [-0.15, -0.1) is 0 Å². The minimum Gasteiger partial charge on any atom is -0.484 e. The molecule has 1 N–H and O–H groups in total. The van der Waals surface area contributed by atoms with E-state index in [1.54, 1.807) is 6.92 Å². The number of halogens is 6. The first-order chi connectivity index (χ1) is 12.3. The predicted octanol–water partition coefficient (Wildman–Crippen LogP) is 4.73. The molecule has 0 fully saturated rings. The monoisotopic (exact) mass is 401 g/mol. The van der Waals surface area contributed by atoms with Crippen molar-refractivity contribution in [2.24, 2.45) is 5.92 Å². The van der Waals surface area contributed by atoms with Crippen LogP contribution >= 0.6 is 0 Å². The van der Waals surface area contributed by atoms with Crippen molar-refractivity contribution in [3.63, 3.8) is 0 Å². The fraction of sp³-hybridized carbons (Fsp3) is 0.588. The molecule has 154 valence electrons. The maximum absolute atomic E-state index is 12.4. The summed E-state index contributed by atoms with van der Waals surface area (Å²) in [5.41, 5.74) is -0.338. The van der Waals surface area contributed by atoms with E-state index < -0.39 is 37.2 Å². The maximum atomic E-state index is 12.4. The Morgan fingerprint density at radius 1 is 1.00 bits per heavy atom. The molecule has 27 heavy (non-hydrogen) atoms. The molecule has 0 saturated carbocycles. The van der Waals surface area contributed by atoms with Crippen molar-refractivity contribution >= 4 is 5.91 Å². The van der Waals surface area contributed by atoms with Crippen LogP contribution in [-0.4, -0.2) is 37.5 Å². The average molecular weight is 401 g/mol. The Morgan fingerprint density at radius 3 is 2.07 bits per heavy atom. The summed E-state index contributed by atoms with van der Waals surface area (Å²) in [5, 5.41) is 2.59. The number of nitrogens with one attached hydrogen (secondary N) is 1. The second kappa shape index (κ2) is 9.18. The topological polar surface area (TPSA) is 47.6 Å². The highest BCUT2D eigenvalue weighted by molar-refractivity contribution is 5.97. The largest absolute Gasteiger partial charge is 0.484 e. The summed E-state index contributed by atoms with van der Waals surface area (Å²) in [6, 6.07) is 2.60. The zero-order chi connectivity index (χ0) is 20.8. The first kappa shape index (κ1) is 22.9. The smallest absolute Gasteiger partial charge is 0.422 e. The zero-order valence-electron chi connectivity index (χ0n) is 15.0. The van der Waals surface area contributed by atoms with Crippen molar-refractivity contribution in [3.8, 4) is 11.5 Å². The minimum atomic E-state index is -4.63. The molecule has 1 atom stereocenters. The van der Waals surface area contributed by atoms with E-state index in [1.165, 1.54) is 0 Å². The van der Waals surface area contributed by atoms with E-state index in [2.05, 4.69) is 14.8 Å². The molecular weight excluding hydrogens is 380 g/mol. The van der Waals surface area contributed by atoms with Crippen molar-refractivity contribution in [2.45, 2.75) is 45.6 Å². The number of rotatable bonds is 8. The molecule has 1 rings (SSSR count). The number of carbonyl (C=O) groups excluding carboxylic acids is 1. The molecule has 0 heterocycles. The molecule has 0 bridgehead atoms. The lowest BCUT2D eigenvalue weighted by Crippen LogP contribution is -2.34. The van der Waals surface area contributed by atoms with Gasteiger partial charge in [-0.1, -0.05) is 13.8 Å². The maximum Gasteiger partial charge on any atom is 0.422 e. The van der Waals surface area contributed by atoms with E-state index in [-0.39, 0.29) is 23.3 Å². The molecule has 0 unspecified atom stereocenters. The van der Waals surface area contributed by atoms with Crippen LogP contribution in [0, 0.1) is 5.92 Å². The number of hydrogen-bond donors (Lipinski definition) is 1. The number of benzene rings is 1. The highest BCUT2D eigenvalue weighted by Crippen LogP contribution is 2.28. The lowest BCUT2D eigenvalue weighted by molar-refractivity contribution is -0.154. The van der Waals surface area contributed by atoms with Gasteiger partial charge in [0.15, 0.2) is 13.2 Å². The first-order valence-electron chi connectivity index (χ1n) is 8.11. The highest BCUT2D eigenvalue weighted by atomic mass is 19.4. The summed E-state index contributed by atoms with van der Waals surface area (Å²) in [6.45, 7) is 2.31. The third-order valence-electron chi connectivity index (χ3n) is 3.19. The molecule has 0 spiro atoms. The van der Waals surface area contributed by atoms with Crippen LogP contribution in [0.25, 0.3) is 0 Å². The van der Waals surface area contributed by atoms with Gasteiger partial charge < -0.3 is 14.8 Å². The van der Waals surface area contributed by atoms with Gasteiger partial charge in [0.25, 0.3) is 5.91 Å². The standard InChI is InChI=1S/C17H21F6NO3/c1-10(2)6-11(3)24-15(25)13-7-12(26-8-16(18,19)20)4-5-14(13)27-9-17(21,22)23/h4-5,7,10-11H,6,8-9H2,1-3H3,(H,24,25)/t11-/m0/s1. The number of alkyl halides is 6. The Labute approximate surface area is 152 Å². The van der Waals surface area contributed by atoms with Crippen LogP contribution in [0.1, 0.15) is 37.6 Å². The third kappa shape index (κ3) is 9.39. The lowest BCUT2D eigenvalue weighted by Gasteiger charge is -2.19. The van der Waals surface area contributed by atoms with E-state index in [1.807, 2.05) is 13.8 Å². The van der Waals surface area contributed by atoms with Crippen molar-refractivity contribution in [1.29, 1.82) is 0 Å². The van der Waals surface area contributed by atoms with Crippen LogP contribution in [-0.2, 0) is 0 Å². The van der Waals surface area contributed by atoms with Crippen LogP contribution in [0.3, 0.4) is 0 Å². The molecule has 0 aromatic heterocycles. The molecule has 0 saturated heterocycles. The average Bonchev–Trinajstić information content (AvgIpc) is 2.48. The van der Waals surface area contributed by atoms with Crippen LogP contribution in [0.5, 0.6) is 11.5 Å². The van der Waals surface area contributed by atoms with Gasteiger partial charge in [0, 0.05) is 6.04 Å². The van der Waals surface area contributed by atoms with Gasteiger partial charge in [0.05, 0.1) is 5.56 Å². The highest BCUT2D eigenvalue weighted by Gasteiger charge is 2.30. The molecule has 0 aliphatic carbocycles. The SMILES string of the molecule is CC(C)C[C@H](C)NC(=O)c1cc(OCC(F)(F)F)ccc1OCC(F)(F)F. The predicted molar refractivity (Wildman–Crippen MR) is 85.9 cm³/mol. The zero-order valence-corrected chi connectivity index (χ0v) is 15.0. The van der Waals surface area contributed by atoms with Crippen LogP contribution < -0.4 is 14.8 Å². The Balaban J connectivity index is 3.02. The van der Waals surface area contributed by atoms with Crippen molar-refractivity contribution < 1.29 is 40.6 Å². The summed E-state index contributed by atoms with van der Waals surface area (Å²) in [6.07, 6.45) is -8.63. The Kier molecular flexibility index (Phi) is 7.79. The molecule has 4 nitrogen and oxygen atoms in total. The summed E-state index contributed by atoms with van der Waals surface area (Å²) < 4.78 is 83.1. The molecule has 1 aromatic carbocycles. The van der Waals surface area contributed by atoms with Crippen LogP contribution in [0.15, 0.2) is 18.2 Å². The van der Waals surface area contributed by atoms with Gasteiger partial charge in [0.1, 0.15) is 11.5 Å². The Morgan fingerprint density at radius 2 is 1.56 bits per heavy atom. The van der Waals surface area contributed by atoms with E-state index in [4.69, 9.17) is 0 Å². The van der Waals surface area contributed by atoms with E-state index in [9.17, 15) is 31.1 Å². The second-order valence-corrected chi connectivity index (χ2v) is 6.47. The number of ether oxygens (including phenoxy) is 2. The summed E-state index contributed by atoms with van der Waals surface area (Å²) >= 11 is 0. The fourth-order valence-corrected chi connectivity index (χ4v) is 2.29. The van der Waals surface area contributed by atoms with E-state index >= 15 is 0 Å². The van der Waals surface area contributed by atoms with Gasteiger partial charge in [-0.05, 0) is 37.5 Å². The number of amides is 1. The summed E-state index contributed by atoms with van der Waals surface area (Å²) in [5.74, 6) is -1.23. The number of hydrogen-bond acceptors (Lipinski definition) is 3. The molecule has 10 heteroatoms. The van der Waals surface area contributed by atoms with Gasteiger partial charge in [-0.3, -0.25) is 4.79 Å². The van der Waals surface area contributed by atoms with Crippen molar-refractivity contribution in [1.82, 2.24) is 5.32 Å². The third-order valence-corrected chi connectivity index (χ3v) is 3.19. The van der Waals surface area contributed by atoms with Crippen LogP contribution in [0.2, 0.25) is 0 Å². The Hall–Kier alpha value is -2.13. The minimum absolute atomic E-state index is 0.253. The molecule has 0 aliphatic rings.